The second-order valence-corrected chi connectivity index (χ2v) is 6.88. The number of benzene rings is 1. The Morgan fingerprint density at radius 1 is 1.38 bits per heavy atom. The van der Waals surface area contributed by atoms with Crippen LogP contribution in [-0.4, -0.2) is 49.4 Å². The second kappa shape index (κ2) is 7.55. The summed E-state index contributed by atoms with van der Waals surface area (Å²) < 4.78 is 39.3. The summed E-state index contributed by atoms with van der Waals surface area (Å²) in [5, 5.41) is 0. The van der Waals surface area contributed by atoms with Crippen LogP contribution in [0.5, 0.6) is 0 Å². The normalized spacial score (nSPS) is 20.2. The Hall–Kier alpha value is -1.56. The fourth-order valence-corrected chi connectivity index (χ4v) is 3.38. The van der Waals surface area contributed by atoms with Gasteiger partial charge in [-0.3, -0.25) is 4.79 Å². The maximum Gasteiger partial charge on any atom is 0.416 e. The summed E-state index contributed by atoms with van der Waals surface area (Å²) in [7, 11) is 3.79. The van der Waals surface area contributed by atoms with Crippen molar-refractivity contribution in [2.24, 2.45) is 5.92 Å². The van der Waals surface area contributed by atoms with Crippen molar-refractivity contribution in [3.63, 3.8) is 0 Å². The summed E-state index contributed by atoms with van der Waals surface area (Å²) >= 11 is 0. The minimum absolute atomic E-state index is 0.0894. The number of carbonyl (C=O) groups is 1. The van der Waals surface area contributed by atoms with Gasteiger partial charge in [0.15, 0.2) is 0 Å². The number of hydrogen-bond donors (Lipinski definition) is 0. The number of halogens is 3. The molecule has 1 aromatic carbocycles. The molecule has 1 aromatic rings. The lowest BCUT2D eigenvalue weighted by molar-refractivity contribution is -0.139. The predicted octanol–water partition coefficient (Wildman–Crippen LogP) is 3.61. The minimum Gasteiger partial charge on any atom is -0.345 e. The summed E-state index contributed by atoms with van der Waals surface area (Å²) in [4.78, 5) is 16.3. The largest absolute Gasteiger partial charge is 0.416 e. The summed E-state index contributed by atoms with van der Waals surface area (Å²) in [5.74, 6) is -0.125. The molecule has 134 valence electrons. The maximum atomic E-state index is 13.1. The lowest BCUT2D eigenvalue weighted by Gasteiger charge is -2.24. The molecule has 6 heteroatoms. The third kappa shape index (κ3) is 4.72. The highest BCUT2D eigenvalue weighted by molar-refractivity contribution is 5.76. The Morgan fingerprint density at radius 2 is 2.04 bits per heavy atom. The van der Waals surface area contributed by atoms with E-state index in [4.69, 9.17) is 0 Å². The molecule has 1 aliphatic rings. The number of rotatable bonds is 5. The first-order valence-electron chi connectivity index (χ1n) is 8.27. The SMILES string of the molecule is C[C@H](CC(=O)N(C)C[C@H]1CCN(C)C1)c1ccccc1C(F)(F)F. The van der Waals surface area contributed by atoms with E-state index in [1.54, 1.807) is 24.9 Å². The van der Waals surface area contributed by atoms with Crippen molar-refractivity contribution in [2.45, 2.75) is 31.9 Å². The molecular formula is C18H25F3N2O. The van der Waals surface area contributed by atoms with E-state index in [9.17, 15) is 18.0 Å². The van der Waals surface area contributed by atoms with Crippen LogP contribution in [0.1, 0.15) is 36.8 Å². The lowest BCUT2D eigenvalue weighted by Crippen LogP contribution is -2.33. The molecule has 0 spiro atoms. The number of likely N-dealkylation sites (tertiary alicyclic amines) is 1. The van der Waals surface area contributed by atoms with Gasteiger partial charge in [-0.25, -0.2) is 0 Å². The molecule has 1 fully saturated rings. The number of amides is 1. The Morgan fingerprint density at radius 3 is 2.62 bits per heavy atom. The van der Waals surface area contributed by atoms with Crippen LogP contribution in [0, 0.1) is 5.92 Å². The van der Waals surface area contributed by atoms with Crippen LogP contribution in [0.25, 0.3) is 0 Å². The molecule has 1 aliphatic heterocycles. The third-order valence-electron chi connectivity index (χ3n) is 4.72. The van der Waals surface area contributed by atoms with Gasteiger partial charge in [-0.1, -0.05) is 25.1 Å². The monoisotopic (exact) mass is 342 g/mol. The van der Waals surface area contributed by atoms with E-state index in [0.717, 1.165) is 25.6 Å². The molecule has 1 amide bonds. The average Bonchev–Trinajstić information content (AvgIpc) is 2.91. The minimum atomic E-state index is -4.39. The van der Waals surface area contributed by atoms with Crippen LogP contribution in [0.2, 0.25) is 0 Å². The van der Waals surface area contributed by atoms with Crippen molar-refractivity contribution in [3.05, 3.63) is 35.4 Å². The molecule has 2 rings (SSSR count). The first-order chi connectivity index (χ1) is 11.2. The van der Waals surface area contributed by atoms with Crippen LogP contribution in [0.15, 0.2) is 24.3 Å². The average molecular weight is 342 g/mol. The molecular weight excluding hydrogens is 317 g/mol. The Labute approximate surface area is 141 Å². The molecule has 0 unspecified atom stereocenters. The van der Waals surface area contributed by atoms with Gasteiger partial charge in [-0.05, 0) is 43.5 Å². The van der Waals surface area contributed by atoms with E-state index in [0.29, 0.717) is 12.5 Å². The van der Waals surface area contributed by atoms with Gasteiger partial charge in [0.1, 0.15) is 0 Å². The molecule has 0 N–H and O–H groups in total. The smallest absolute Gasteiger partial charge is 0.345 e. The quantitative estimate of drug-likeness (QED) is 0.816. The zero-order valence-corrected chi connectivity index (χ0v) is 14.4. The molecule has 1 heterocycles. The standard InChI is InChI=1S/C18H25F3N2O/c1-13(15-6-4-5-7-16(15)18(19,20)21)10-17(24)23(3)12-14-8-9-22(2)11-14/h4-7,13-14H,8-12H2,1-3H3/t13-,14+/m1/s1. The van der Waals surface area contributed by atoms with E-state index >= 15 is 0 Å². The highest BCUT2D eigenvalue weighted by Gasteiger charge is 2.34. The van der Waals surface area contributed by atoms with Crippen molar-refractivity contribution in [1.82, 2.24) is 9.80 Å². The maximum absolute atomic E-state index is 13.1. The van der Waals surface area contributed by atoms with Gasteiger partial charge in [0, 0.05) is 26.6 Å². The molecule has 3 nitrogen and oxygen atoms in total. The molecule has 0 saturated carbocycles. The van der Waals surface area contributed by atoms with Gasteiger partial charge < -0.3 is 9.80 Å². The van der Waals surface area contributed by atoms with Crippen molar-refractivity contribution >= 4 is 5.91 Å². The van der Waals surface area contributed by atoms with Crippen molar-refractivity contribution in [1.29, 1.82) is 0 Å². The van der Waals surface area contributed by atoms with Gasteiger partial charge in [0.2, 0.25) is 5.91 Å². The van der Waals surface area contributed by atoms with Crippen LogP contribution >= 0.6 is 0 Å². The number of nitrogens with zero attached hydrogens (tertiary/aromatic N) is 2. The Balaban J connectivity index is 1.99. The summed E-state index contributed by atoms with van der Waals surface area (Å²) in [6.07, 6.45) is -3.25. The first-order valence-corrected chi connectivity index (χ1v) is 8.27. The van der Waals surface area contributed by atoms with E-state index < -0.39 is 17.7 Å². The van der Waals surface area contributed by atoms with Crippen LogP contribution in [0.4, 0.5) is 13.2 Å². The van der Waals surface area contributed by atoms with Crippen molar-refractivity contribution in [2.75, 3.05) is 33.7 Å². The zero-order valence-electron chi connectivity index (χ0n) is 14.4. The predicted molar refractivity (Wildman–Crippen MR) is 87.7 cm³/mol. The molecule has 0 radical (unpaired) electrons. The van der Waals surface area contributed by atoms with E-state index in [1.165, 1.54) is 12.1 Å². The number of alkyl halides is 3. The third-order valence-corrected chi connectivity index (χ3v) is 4.72. The highest BCUT2D eigenvalue weighted by Crippen LogP contribution is 2.36. The van der Waals surface area contributed by atoms with E-state index in [-0.39, 0.29) is 17.9 Å². The summed E-state index contributed by atoms with van der Waals surface area (Å²) in [5.41, 5.74) is -0.460. The molecule has 0 aliphatic carbocycles. The van der Waals surface area contributed by atoms with E-state index in [2.05, 4.69) is 11.9 Å². The fourth-order valence-electron chi connectivity index (χ4n) is 3.38. The lowest BCUT2D eigenvalue weighted by atomic mass is 9.92. The van der Waals surface area contributed by atoms with Gasteiger partial charge >= 0.3 is 6.18 Å². The van der Waals surface area contributed by atoms with Gasteiger partial charge in [0.25, 0.3) is 0 Å². The number of hydrogen-bond acceptors (Lipinski definition) is 2. The van der Waals surface area contributed by atoms with Gasteiger partial charge in [0.05, 0.1) is 5.56 Å². The Bertz CT molecular complexity index is 574. The molecule has 1 saturated heterocycles. The first kappa shape index (κ1) is 18.8. The summed E-state index contributed by atoms with van der Waals surface area (Å²) in [6.45, 7) is 4.34. The van der Waals surface area contributed by atoms with Crippen molar-refractivity contribution in [3.8, 4) is 0 Å². The Kier molecular flexibility index (Phi) is 5.91. The molecule has 0 bridgehead atoms. The van der Waals surface area contributed by atoms with Crippen LogP contribution < -0.4 is 0 Å². The highest BCUT2D eigenvalue weighted by atomic mass is 19.4. The number of carbonyl (C=O) groups excluding carboxylic acids is 1. The molecule has 2 atom stereocenters. The van der Waals surface area contributed by atoms with Crippen molar-refractivity contribution < 1.29 is 18.0 Å². The molecule has 24 heavy (non-hydrogen) atoms. The van der Waals surface area contributed by atoms with Crippen LogP contribution in [-0.2, 0) is 11.0 Å². The van der Waals surface area contributed by atoms with Gasteiger partial charge in [-0.15, -0.1) is 0 Å². The topological polar surface area (TPSA) is 23.6 Å². The van der Waals surface area contributed by atoms with E-state index in [1.807, 2.05) is 0 Å². The fraction of sp³-hybridized carbons (Fsp3) is 0.611. The molecule has 0 aromatic heterocycles. The second-order valence-electron chi connectivity index (χ2n) is 6.88. The van der Waals surface area contributed by atoms with Gasteiger partial charge in [-0.2, -0.15) is 13.2 Å². The van der Waals surface area contributed by atoms with Crippen LogP contribution in [0.3, 0.4) is 0 Å². The zero-order chi connectivity index (χ0) is 17.9. The summed E-state index contributed by atoms with van der Waals surface area (Å²) in [6, 6.07) is 5.51.